The van der Waals surface area contributed by atoms with Gasteiger partial charge in [0.15, 0.2) is 0 Å². The summed E-state index contributed by atoms with van der Waals surface area (Å²) in [6, 6.07) is 5.46. The van der Waals surface area contributed by atoms with Crippen LogP contribution in [-0.2, 0) is 0 Å². The maximum Gasteiger partial charge on any atom is 0.0572 e. The molecule has 106 valence electrons. The molecule has 1 aliphatic rings. The van der Waals surface area contributed by atoms with Gasteiger partial charge in [-0.15, -0.1) is 0 Å². The van der Waals surface area contributed by atoms with Crippen molar-refractivity contribution in [2.24, 2.45) is 0 Å². The fraction of sp³-hybridized carbons (Fsp3) is 0.688. The van der Waals surface area contributed by atoms with Crippen LogP contribution in [0.5, 0.6) is 0 Å². The molecule has 3 heteroatoms. The van der Waals surface area contributed by atoms with Crippen molar-refractivity contribution in [1.82, 2.24) is 10.3 Å². The lowest BCUT2D eigenvalue weighted by Gasteiger charge is -2.29. The van der Waals surface area contributed by atoms with E-state index in [0.29, 0.717) is 6.04 Å². The number of hydrogen-bond donors (Lipinski definition) is 1. The van der Waals surface area contributed by atoms with Crippen molar-refractivity contribution in [3.05, 3.63) is 24.0 Å². The Balaban J connectivity index is 2.07. The molecule has 1 fully saturated rings. The molecule has 0 bridgehead atoms. The second-order valence-corrected chi connectivity index (χ2v) is 5.44. The van der Waals surface area contributed by atoms with Gasteiger partial charge in [-0.05, 0) is 45.4 Å². The second kappa shape index (κ2) is 6.90. The van der Waals surface area contributed by atoms with Crippen LogP contribution in [-0.4, -0.2) is 24.1 Å². The first kappa shape index (κ1) is 14.3. The van der Waals surface area contributed by atoms with Gasteiger partial charge in [-0.2, -0.15) is 0 Å². The highest BCUT2D eigenvalue weighted by Crippen LogP contribution is 2.28. The summed E-state index contributed by atoms with van der Waals surface area (Å²) in [4.78, 5) is 7.15. The average molecular weight is 261 g/mol. The third kappa shape index (κ3) is 3.47. The minimum absolute atomic E-state index is 0.334. The van der Waals surface area contributed by atoms with Gasteiger partial charge in [0.05, 0.1) is 17.6 Å². The van der Waals surface area contributed by atoms with Crippen LogP contribution < -0.4 is 10.2 Å². The van der Waals surface area contributed by atoms with Crippen LogP contribution in [0.15, 0.2) is 18.3 Å². The normalized spacial score (nSPS) is 17.6. The molecule has 2 rings (SSSR count). The van der Waals surface area contributed by atoms with Crippen molar-refractivity contribution in [2.45, 2.75) is 58.5 Å². The highest BCUT2D eigenvalue weighted by Gasteiger charge is 2.21. The van der Waals surface area contributed by atoms with E-state index in [2.05, 4.69) is 48.1 Å². The van der Waals surface area contributed by atoms with Gasteiger partial charge in [-0.25, -0.2) is 0 Å². The Morgan fingerprint density at radius 3 is 2.58 bits per heavy atom. The maximum atomic E-state index is 4.63. The first-order valence-electron chi connectivity index (χ1n) is 7.72. The molecule has 0 spiro atoms. The molecule has 1 N–H and O–H groups in total. The van der Waals surface area contributed by atoms with Gasteiger partial charge in [0.1, 0.15) is 0 Å². The monoisotopic (exact) mass is 261 g/mol. The SMILES string of the molecule is CCNC(C)c1ccc(N(CC)C2CCCC2)cn1. The zero-order chi connectivity index (χ0) is 13.7. The van der Waals surface area contributed by atoms with Crippen molar-refractivity contribution in [1.29, 1.82) is 0 Å². The van der Waals surface area contributed by atoms with E-state index < -0.39 is 0 Å². The molecular formula is C16H27N3. The molecule has 1 unspecified atom stereocenters. The molecule has 0 aromatic carbocycles. The van der Waals surface area contributed by atoms with Crippen LogP contribution in [0.3, 0.4) is 0 Å². The number of aromatic nitrogens is 1. The molecule has 1 atom stereocenters. The Morgan fingerprint density at radius 1 is 1.32 bits per heavy atom. The molecule has 19 heavy (non-hydrogen) atoms. The third-order valence-electron chi connectivity index (χ3n) is 4.16. The van der Waals surface area contributed by atoms with Crippen molar-refractivity contribution in [2.75, 3.05) is 18.0 Å². The van der Waals surface area contributed by atoms with Gasteiger partial charge >= 0.3 is 0 Å². The van der Waals surface area contributed by atoms with Crippen LogP contribution in [0, 0.1) is 0 Å². The molecule has 1 aromatic heterocycles. The summed E-state index contributed by atoms with van der Waals surface area (Å²) < 4.78 is 0. The number of nitrogens with one attached hydrogen (secondary N) is 1. The van der Waals surface area contributed by atoms with Crippen LogP contribution in [0.4, 0.5) is 5.69 Å². The summed E-state index contributed by atoms with van der Waals surface area (Å²) in [6.07, 6.45) is 7.48. The predicted octanol–water partition coefficient (Wildman–Crippen LogP) is 3.52. The molecule has 3 nitrogen and oxygen atoms in total. The topological polar surface area (TPSA) is 28.2 Å². The highest BCUT2D eigenvalue weighted by molar-refractivity contribution is 5.46. The third-order valence-corrected chi connectivity index (χ3v) is 4.16. The van der Waals surface area contributed by atoms with E-state index >= 15 is 0 Å². The van der Waals surface area contributed by atoms with E-state index in [4.69, 9.17) is 0 Å². The summed E-state index contributed by atoms with van der Waals surface area (Å²) in [5.41, 5.74) is 2.41. The predicted molar refractivity (Wildman–Crippen MR) is 81.6 cm³/mol. The largest absolute Gasteiger partial charge is 0.368 e. The van der Waals surface area contributed by atoms with E-state index in [9.17, 15) is 0 Å². The Hall–Kier alpha value is -1.09. The zero-order valence-electron chi connectivity index (χ0n) is 12.5. The van der Waals surface area contributed by atoms with Crippen molar-refractivity contribution in [3.63, 3.8) is 0 Å². The molecule has 0 radical (unpaired) electrons. The Bertz CT molecular complexity index is 368. The van der Waals surface area contributed by atoms with E-state index in [1.165, 1.54) is 31.4 Å². The second-order valence-electron chi connectivity index (χ2n) is 5.44. The molecular weight excluding hydrogens is 234 g/mol. The van der Waals surface area contributed by atoms with Crippen LogP contribution in [0.1, 0.15) is 58.2 Å². The number of anilines is 1. The average Bonchev–Trinajstić information content (AvgIpc) is 2.95. The van der Waals surface area contributed by atoms with E-state index in [-0.39, 0.29) is 0 Å². The molecule has 0 aliphatic heterocycles. The van der Waals surface area contributed by atoms with E-state index in [1.54, 1.807) is 0 Å². The summed E-state index contributed by atoms with van der Waals surface area (Å²) in [6.45, 7) is 8.60. The summed E-state index contributed by atoms with van der Waals surface area (Å²) in [7, 11) is 0. The highest BCUT2D eigenvalue weighted by atomic mass is 15.2. The zero-order valence-corrected chi connectivity index (χ0v) is 12.5. The first-order chi connectivity index (χ1) is 9.26. The fourth-order valence-electron chi connectivity index (χ4n) is 3.10. The molecule has 1 aliphatic carbocycles. The fourth-order valence-corrected chi connectivity index (χ4v) is 3.10. The molecule has 1 saturated carbocycles. The van der Waals surface area contributed by atoms with Gasteiger partial charge in [0.25, 0.3) is 0 Å². The van der Waals surface area contributed by atoms with Gasteiger partial charge in [-0.1, -0.05) is 19.8 Å². The molecule has 1 aromatic rings. The van der Waals surface area contributed by atoms with Gasteiger partial charge in [0, 0.05) is 18.6 Å². The minimum Gasteiger partial charge on any atom is -0.368 e. The maximum absolute atomic E-state index is 4.63. The van der Waals surface area contributed by atoms with Crippen LogP contribution >= 0.6 is 0 Å². The molecule has 1 heterocycles. The first-order valence-corrected chi connectivity index (χ1v) is 7.72. The molecule has 0 saturated heterocycles. The van der Waals surface area contributed by atoms with Gasteiger partial charge in [0.2, 0.25) is 0 Å². The van der Waals surface area contributed by atoms with Crippen molar-refractivity contribution >= 4 is 5.69 Å². The molecule has 0 amide bonds. The van der Waals surface area contributed by atoms with E-state index in [1.807, 2.05) is 6.20 Å². The van der Waals surface area contributed by atoms with E-state index in [0.717, 1.165) is 24.8 Å². The quantitative estimate of drug-likeness (QED) is 0.849. The number of hydrogen-bond acceptors (Lipinski definition) is 3. The Morgan fingerprint density at radius 2 is 2.05 bits per heavy atom. The van der Waals surface area contributed by atoms with Gasteiger partial charge < -0.3 is 10.2 Å². The smallest absolute Gasteiger partial charge is 0.0572 e. The van der Waals surface area contributed by atoms with Gasteiger partial charge in [-0.3, -0.25) is 4.98 Å². The summed E-state index contributed by atoms with van der Waals surface area (Å²) in [5, 5.41) is 3.40. The lowest BCUT2D eigenvalue weighted by molar-refractivity contribution is 0.581. The Labute approximate surface area is 117 Å². The minimum atomic E-state index is 0.334. The van der Waals surface area contributed by atoms with Crippen LogP contribution in [0.25, 0.3) is 0 Å². The number of nitrogens with zero attached hydrogens (tertiary/aromatic N) is 2. The Kier molecular flexibility index (Phi) is 5.20. The lowest BCUT2D eigenvalue weighted by atomic mass is 10.1. The summed E-state index contributed by atoms with van der Waals surface area (Å²) in [5.74, 6) is 0. The standard InChI is InChI=1S/C16H27N3/c1-4-17-13(3)16-11-10-15(12-18-16)19(5-2)14-8-6-7-9-14/h10-14,17H,4-9H2,1-3H3. The number of pyridine rings is 1. The lowest BCUT2D eigenvalue weighted by Crippen LogP contribution is -2.33. The number of rotatable bonds is 6. The summed E-state index contributed by atoms with van der Waals surface area (Å²) >= 11 is 0. The van der Waals surface area contributed by atoms with Crippen molar-refractivity contribution in [3.8, 4) is 0 Å². The van der Waals surface area contributed by atoms with Crippen molar-refractivity contribution < 1.29 is 0 Å². The van der Waals surface area contributed by atoms with Crippen LogP contribution in [0.2, 0.25) is 0 Å².